The van der Waals surface area contributed by atoms with E-state index in [0.717, 1.165) is 18.9 Å². The van der Waals surface area contributed by atoms with Crippen molar-refractivity contribution in [1.29, 1.82) is 0 Å². The third-order valence-corrected chi connectivity index (χ3v) is 6.57. The third kappa shape index (κ3) is 6.33. The first-order valence-corrected chi connectivity index (χ1v) is 12.0. The third-order valence-electron chi connectivity index (χ3n) is 5.53. The number of hydrogen-bond donors (Lipinski definition) is 2. The van der Waals surface area contributed by atoms with Gasteiger partial charge in [-0.25, -0.2) is 9.18 Å². The molecule has 3 rings (SSSR count). The van der Waals surface area contributed by atoms with Gasteiger partial charge in [-0.1, -0.05) is 0 Å². The minimum Gasteiger partial charge on any atom is -0.477 e. The van der Waals surface area contributed by atoms with Gasteiger partial charge in [-0.05, 0) is 38.8 Å². The number of nitrogens with zero attached hydrogens (tertiary/aromatic N) is 1. The average Bonchev–Trinajstić information content (AvgIpc) is 2.78. The Kier molecular flexibility index (Phi) is 8.87. The van der Waals surface area contributed by atoms with Crippen LogP contribution in [0.25, 0.3) is 10.9 Å². The highest BCUT2D eigenvalue weighted by Gasteiger charge is 2.25. The fourth-order valence-electron chi connectivity index (χ4n) is 3.81. The van der Waals surface area contributed by atoms with E-state index in [2.05, 4.69) is 5.32 Å². The summed E-state index contributed by atoms with van der Waals surface area (Å²) in [7, 11) is 0. The van der Waals surface area contributed by atoms with E-state index in [-0.39, 0.29) is 35.5 Å². The number of aryl methyl sites for hydroxylation is 1. The predicted molar refractivity (Wildman–Crippen MR) is 124 cm³/mol. The van der Waals surface area contributed by atoms with Crippen molar-refractivity contribution in [3.8, 4) is 0 Å². The molecule has 1 aliphatic heterocycles. The zero-order valence-electron chi connectivity index (χ0n) is 18.8. The Morgan fingerprint density at radius 2 is 2.15 bits per heavy atom. The molecule has 1 saturated heterocycles. The lowest BCUT2D eigenvalue weighted by molar-refractivity contribution is -0.162. The Morgan fingerprint density at radius 1 is 1.36 bits per heavy atom. The number of rotatable bonds is 10. The first kappa shape index (κ1) is 25.2. The topological polar surface area (TPSA) is 107 Å². The van der Waals surface area contributed by atoms with Gasteiger partial charge in [0.1, 0.15) is 17.5 Å². The lowest BCUT2D eigenvalue weighted by Gasteiger charge is -2.28. The molecule has 2 heterocycles. The second kappa shape index (κ2) is 11.6. The number of pyridine rings is 1. The number of fused-ring (bicyclic) bond motifs is 1. The number of hydrogen-bond acceptors (Lipinski definition) is 7. The Labute approximate surface area is 195 Å². The number of carboxylic acids is 1. The molecule has 2 aromatic rings. The molecule has 0 aliphatic carbocycles. The van der Waals surface area contributed by atoms with E-state index < -0.39 is 17.2 Å². The van der Waals surface area contributed by atoms with Crippen molar-refractivity contribution in [2.75, 3.05) is 25.4 Å². The first-order valence-electron chi connectivity index (χ1n) is 11.1. The van der Waals surface area contributed by atoms with Crippen molar-refractivity contribution in [2.24, 2.45) is 0 Å². The maximum atomic E-state index is 14.2. The molecule has 1 unspecified atom stereocenters. The Balaban J connectivity index is 1.56. The fraction of sp³-hybridized carbons (Fsp3) is 0.522. The molecule has 1 aliphatic rings. The normalized spacial score (nSPS) is 18.4. The maximum absolute atomic E-state index is 14.2. The van der Waals surface area contributed by atoms with Crippen LogP contribution < -0.4 is 10.7 Å². The Bertz CT molecular complexity index is 1070. The molecule has 0 radical (unpaired) electrons. The molecular formula is C23H29FN2O6S. The summed E-state index contributed by atoms with van der Waals surface area (Å²) in [4.78, 5) is 36.5. The van der Waals surface area contributed by atoms with Gasteiger partial charge >= 0.3 is 11.9 Å². The van der Waals surface area contributed by atoms with Crippen LogP contribution in [-0.4, -0.2) is 59.3 Å². The zero-order valence-corrected chi connectivity index (χ0v) is 19.6. The van der Waals surface area contributed by atoms with Gasteiger partial charge in [0.25, 0.3) is 0 Å². The van der Waals surface area contributed by atoms with Gasteiger partial charge in [-0.2, -0.15) is 0 Å². The van der Waals surface area contributed by atoms with Crippen molar-refractivity contribution in [3.63, 3.8) is 0 Å². The van der Waals surface area contributed by atoms with E-state index in [4.69, 9.17) is 9.47 Å². The Hall–Kier alpha value is -2.43. The van der Waals surface area contributed by atoms with E-state index in [1.807, 2.05) is 13.8 Å². The van der Waals surface area contributed by atoms with Gasteiger partial charge < -0.3 is 24.5 Å². The van der Waals surface area contributed by atoms with Crippen LogP contribution in [0.2, 0.25) is 0 Å². The number of carboxylic acid groups (broad SMARTS) is 1. The van der Waals surface area contributed by atoms with Gasteiger partial charge in [-0.3, -0.25) is 9.59 Å². The minimum atomic E-state index is -1.34. The van der Waals surface area contributed by atoms with Crippen LogP contribution in [0.5, 0.6) is 0 Å². The summed E-state index contributed by atoms with van der Waals surface area (Å²) in [6, 6.07) is 2.44. The molecule has 2 N–H and O–H groups in total. The molecule has 8 nitrogen and oxygen atoms in total. The highest BCUT2D eigenvalue weighted by atomic mass is 32.2. The largest absolute Gasteiger partial charge is 0.477 e. The number of halogens is 1. The molecule has 180 valence electrons. The van der Waals surface area contributed by atoms with Crippen LogP contribution in [0.15, 0.2) is 28.0 Å². The molecule has 0 spiro atoms. The molecule has 2 atom stereocenters. The van der Waals surface area contributed by atoms with Crippen LogP contribution in [-0.2, 0) is 20.8 Å². The lowest BCUT2D eigenvalue weighted by Crippen LogP contribution is -2.36. The van der Waals surface area contributed by atoms with E-state index in [9.17, 15) is 23.9 Å². The summed E-state index contributed by atoms with van der Waals surface area (Å²) in [6.45, 7) is 5.87. The lowest BCUT2D eigenvalue weighted by atomic mass is 10.1. The molecular weight excluding hydrogens is 451 g/mol. The summed E-state index contributed by atoms with van der Waals surface area (Å²) in [5.74, 6) is -1.63. The van der Waals surface area contributed by atoms with Crippen LogP contribution >= 0.6 is 11.8 Å². The molecule has 10 heteroatoms. The maximum Gasteiger partial charge on any atom is 0.341 e. The smallest absolute Gasteiger partial charge is 0.341 e. The fourth-order valence-corrected chi connectivity index (χ4v) is 4.83. The van der Waals surface area contributed by atoms with Crippen LogP contribution in [0, 0.1) is 5.82 Å². The van der Waals surface area contributed by atoms with E-state index >= 15 is 0 Å². The molecule has 1 aromatic heterocycles. The number of aromatic nitrogens is 1. The quantitative estimate of drug-likeness (QED) is 0.304. The van der Waals surface area contributed by atoms with Crippen molar-refractivity contribution in [3.05, 3.63) is 39.9 Å². The van der Waals surface area contributed by atoms with E-state index in [1.165, 1.54) is 24.0 Å². The summed E-state index contributed by atoms with van der Waals surface area (Å²) >= 11 is 1.36. The van der Waals surface area contributed by atoms with Gasteiger partial charge in [0.15, 0.2) is 0 Å². The molecule has 1 fully saturated rings. The number of benzene rings is 1. The van der Waals surface area contributed by atoms with E-state index in [1.54, 1.807) is 4.57 Å². The van der Waals surface area contributed by atoms with Crippen molar-refractivity contribution in [1.82, 2.24) is 9.88 Å². The molecule has 0 saturated carbocycles. The van der Waals surface area contributed by atoms with Crippen molar-refractivity contribution in [2.45, 2.75) is 56.8 Å². The summed E-state index contributed by atoms with van der Waals surface area (Å²) in [5.41, 5.74) is -0.558. The second-order valence-electron chi connectivity index (χ2n) is 7.86. The van der Waals surface area contributed by atoms with Gasteiger partial charge in [0, 0.05) is 43.1 Å². The standard InChI is InChI=1S/C23H29FN2O6S/c1-3-26-13-17(23(29)30)22(28)16-11-15(24)12-19(21(16)26)33-10-8-25-7-6-20(27)32-18-5-4-9-31-14(18)2/h11-14,18,25H,3-10H2,1-2H3,(H,29,30)/t14?,18-/m1/s1. The second-order valence-corrected chi connectivity index (χ2v) is 8.99. The highest BCUT2D eigenvalue weighted by Crippen LogP contribution is 2.28. The molecule has 0 amide bonds. The zero-order chi connectivity index (χ0) is 24.0. The number of nitrogens with one attached hydrogen (secondary N) is 1. The summed E-state index contributed by atoms with van der Waals surface area (Å²) < 4.78 is 26.8. The van der Waals surface area contributed by atoms with E-state index in [0.29, 0.717) is 42.4 Å². The van der Waals surface area contributed by atoms with Crippen LogP contribution in [0.4, 0.5) is 4.39 Å². The SMILES string of the molecule is CCn1cc(C(=O)O)c(=O)c2cc(F)cc(SCCNCCC(=O)O[C@@H]3CCCOC3C)c21. The average molecular weight is 481 g/mol. The number of carbonyl (C=O) groups excluding carboxylic acids is 1. The number of esters is 1. The number of carbonyl (C=O) groups is 2. The number of aromatic carboxylic acids is 1. The molecule has 1 aromatic carbocycles. The van der Waals surface area contributed by atoms with Gasteiger partial charge in [0.05, 0.1) is 23.4 Å². The predicted octanol–water partition coefficient (Wildman–Crippen LogP) is 3.04. The summed E-state index contributed by atoms with van der Waals surface area (Å²) in [5, 5.41) is 12.5. The van der Waals surface area contributed by atoms with Crippen molar-refractivity contribution < 1.29 is 28.6 Å². The minimum absolute atomic E-state index is 0.0517. The Morgan fingerprint density at radius 3 is 2.85 bits per heavy atom. The molecule has 33 heavy (non-hydrogen) atoms. The van der Waals surface area contributed by atoms with Gasteiger partial charge in [0.2, 0.25) is 5.43 Å². The van der Waals surface area contributed by atoms with Gasteiger partial charge in [-0.15, -0.1) is 11.8 Å². The van der Waals surface area contributed by atoms with Crippen LogP contribution in [0.3, 0.4) is 0 Å². The number of thioether (sulfide) groups is 1. The number of ether oxygens (including phenoxy) is 2. The first-order chi connectivity index (χ1) is 15.8. The summed E-state index contributed by atoms with van der Waals surface area (Å²) in [6.07, 6.45) is 2.97. The van der Waals surface area contributed by atoms with Crippen molar-refractivity contribution >= 4 is 34.6 Å². The highest BCUT2D eigenvalue weighted by molar-refractivity contribution is 7.99. The molecule has 0 bridgehead atoms. The van der Waals surface area contributed by atoms with Crippen LogP contribution in [0.1, 0.15) is 43.5 Å². The monoisotopic (exact) mass is 480 g/mol.